The zero-order chi connectivity index (χ0) is 34.0. The predicted octanol–water partition coefficient (Wildman–Crippen LogP) is 4.83. The number of amides is 1. The SMILES string of the molecule is CC(=N)N(C(=N)C1CN(c2ncc(C(=O)O)cn2)C1)C(C)CC1CCC(C)N1CCC(NC=O)c1ccccc1.COC(C)(C)C. The zero-order valence-electron chi connectivity index (χ0n) is 28.4. The molecule has 252 valence electrons. The van der Waals surface area contributed by atoms with Gasteiger partial charge in [0.2, 0.25) is 12.4 Å². The number of nitrogens with zero attached hydrogens (tertiary/aromatic N) is 5. The Morgan fingerprint density at radius 1 is 1.17 bits per heavy atom. The number of rotatable bonds is 12. The van der Waals surface area contributed by atoms with Crippen molar-refractivity contribution >= 4 is 30.0 Å². The standard InChI is InChI=1S/C29H40N8O3.C5H12O/c1-19-9-10-25(36(19)12-11-26(34-18-38)22-7-5-4-6-8-22)13-20(2)37(21(3)30)27(31)24-16-35(17-24)29-32-14-23(15-33-29)28(39)40;1-5(2,3)6-4/h4-8,14-15,18-20,24-26,30-31H,9-13,16-17H2,1-3H3,(H,34,38)(H,39,40);1-4H3. The quantitative estimate of drug-likeness (QED) is 0.145. The number of ether oxygens (including phenoxy) is 1. The summed E-state index contributed by atoms with van der Waals surface area (Å²) in [6, 6.07) is 10.8. The van der Waals surface area contributed by atoms with Crippen molar-refractivity contribution in [3.63, 3.8) is 0 Å². The molecule has 4 N–H and O–H groups in total. The van der Waals surface area contributed by atoms with E-state index in [-0.39, 0.29) is 29.2 Å². The molecular formula is C34H52N8O4. The highest BCUT2D eigenvalue weighted by Crippen LogP contribution is 2.31. The molecule has 0 aliphatic carbocycles. The Balaban J connectivity index is 0.000000875. The molecule has 4 rings (SSSR count). The van der Waals surface area contributed by atoms with Crippen LogP contribution < -0.4 is 10.2 Å². The average Bonchev–Trinajstić information content (AvgIpc) is 3.33. The normalized spacial score (nSPS) is 19.7. The molecule has 2 aliphatic heterocycles. The van der Waals surface area contributed by atoms with Crippen LogP contribution in [-0.4, -0.2) is 99.4 Å². The Kier molecular flexibility index (Phi) is 13.2. The minimum absolute atomic E-state index is 0.0130. The number of hydrogen-bond donors (Lipinski definition) is 4. The molecule has 12 nitrogen and oxygen atoms in total. The number of carbonyl (C=O) groups excluding carboxylic acids is 1. The van der Waals surface area contributed by atoms with Gasteiger partial charge < -0.3 is 25.0 Å². The number of hydrogen-bond acceptors (Lipinski definition) is 9. The summed E-state index contributed by atoms with van der Waals surface area (Å²) in [6.45, 7) is 14.1. The van der Waals surface area contributed by atoms with Crippen molar-refractivity contribution in [1.29, 1.82) is 10.8 Å². The van der Waals surface area contributed by atoms with E-state index in [2.05, 4.69) is 34.0 Å². The Labute approximate surface area is 273 Å². The number of carbonyl (C=O) groups is 2. The van der Waals surface area contributed by atoms with Gasteiger partial charge in [-0.2, -0.15) is 0 Å². The van der Waals surface area contributed by atoms with Gasteiger partial charge in [-0.15, -0.1) is 0 Å². The molecule has 12 heteroatoms. The van der Waals surface area contributed by atoms with E-state index >= 15 is 0 Å². The third kappa shape index (κ3) is 10.1. The van der Waals surface area contributed by atoms with E-state index in [1.807, 2.05) is 60.9 Å². The van der Waals surface area contributed by atoms with E-state index in [0.717, 1.165) is 44.2 Å². The smallest absolute Gasteiger partial charge is 0.338 e. The van der Waals surface area contributed by atoms with Crippen LogP contribution in [0.3, 0.4) is 0 Å². The van der Waals surface area contributed by atoms with Crippen LogP contribution in [0.25, 0.3) is 0 Å². The Bertz CT molecular complexity index is 1290. The summed E-state index contributed by atoms with van der Waals surface area (Å²) in [4.78, 5) is 36.9. The van der Waals surface area contributed by atoms with E-state index in [9.17, 15) is 9.59 Å². The van der Waals surface area contributed by atoms with Crippen LogP contribution in [0, 0.1) is 16.7 Å². The topological polar surface area (TPSA) is 159 Å². The van der Waals surface area contributed by atoms with Gasteiger partial charge in [0.25, 0.3) is 0 Å². The molecule has 1 aromatic heterocycles. The molecule has 0 saturated carbocycles. The van der Waals surface area contributed by atoms with Crippen molar-refractivity contribution in [2.75, 3.05) is 31.6 Å². The molecule has 2 saturated heterocycles. The highest BCUT2D eigenvalue weighted by atomic mass is 16.5. The molecular weight excluding hydrogens is 584 g/mol. The van der Waals surface area contributed by atoms with Gasteiger partial charge in [-0.3, -0.25) is 20.5 Å². The summed E-state index contributed by atoms with van der Waals surface area (Å²) in [5.74, 6) is 0.119. The van der Waals surface area contributed by atoms with Crippen LogP contribution >= 0.6 is 0 Å². The molecule has 0 radical (unpaired) electrons. The fourth-order valence-corrected chi connectivity index (χ4v) is 6.03. The van der Waals surface area contributed by atoms with Crippen LogP contribution in [0.5, 0.6) is 0 Å². The number of aromatic carboxylic acids is 1. The van der Waals surface area contributed by atoms with Crippen molar-refractivity contribution in [2.24, 2.45) is 5.92 Å². The number of amidine groups is 2. The monoisotopic (exact) mass is 636 g/mol. The van der Waals surface area contributed by atoms with Crippen LogP contribution in [0.2, 0.25) is 0 Å². The van der Waals surface area contributed by atoms with E-state index in [0.29, 0.717) is 42.8 Å². The van der Waals surface area contributed by atoms with Gasteiger partial charge >= 0.3 is 5.97 Å². The first-order valence-electron chi connectivity index (χ1n) is 16.0. The number of anilines is 1. The lowest BCUT2D eigenvalue weighted by Crippen LogP contribution is -2.57. The number of benzene rings is 1. The van der Waals surface area contributed by atoms with Crippen molar-refractivity contribution in [1.82, 2.24) is 25.1 Å². The molecule has 2 fully saturated rings. The lowest BCUT2D eigenvalue weighted by atomic mass is 9.95. The third-order valence-corrected chi connectivity index (χ3v) is 8.82. The third-order valence-electron chi connectivity index (χ3n) is 8.82. The van der Waals surface area contributed by atoms with Crippen LogP contribution in [-0.2, 0) is 9.53 Å². The van der Waals surface area contributed by atoms with Gasteiger partial charge in [-0.25, -0.2) is 14.8 Å². The maximum absolute atomic E-state index is 11.3. The second-order valence-corrected chi connectivity index (χ2v) is 13.3. The summed E-state index contributed by atoms with van der Waals surface area (Å²) >= 11 is 0. The molecule has 1 aromatic carbocycles. The van der Waals surface area contributed by atoms with Gasteiger partial charge in [0.15, 0.2) is 0 Å². The van der Waals surface area contributed by atoms with Crippen molar-refractivity contribution in [2.45, 2.75) is 97.0 Å². The number of carboxylic acid groups (broad SMARTS) is 1. The highest BCUT2D eigenvalue weighted by molar-refractivity contribution is 5.99. The number of methoxy groups -OCH3 is 1. The van der Waals surface area contributed by atoms with Gasteiger partial charge in [0.1, 0.15) is 5.84 Å². The van der Waals surface area contributed by atoms with E-state index in [1.165, 1.54) is 12.4 Å². The first-order chi connectivity index (χ1) is 21.7. The molecule has 2 aromatic rings. The molecule has 4 unspecified atom stereocenters. The minimum atomic E-state index is -1.07. The number of likely N-dealkylation sites (tertiary alicyclic amines) is 1. The fraction of sp³-hybridized carbons (Fsp3) is 0.588. The van der Waals surface area contributed by atoms with Crippen molar-refractivity contribution < 1.29 is 19.4 Å². The average molecular weight is 637 g/mol. The summed E-state index contributed by atoms with van der Waals surface area (Å²) < 4.78 is 4.94. The van der Waals surface area contributed by atoms with Crippen LogP contribution in [0.1, 0.15) is 89.2 Å². The van der Waals surface area contributed by atoms with Crippen molar-refractivity contribution in [3.8, 4) is 0 Å². The summed E-state index contributed by atoms with van der Waals surface area (Å²) in [5, 5.41) is 29.4. The molecule has 1 amide bonds. The Morgan fingerprint density at radius 2 is 1.78 bits per heavy atom. The Hall–Kier alpha value is -3.90. The van der Waals surface area contributed by atoms with Crippen molar-refractivity contribution in [3.05, 3.63) is 53.9 Å². The Morgan fingerprint density at radius 3 is 2.30 bits per heavy atom. The largest absolute Gasteiger partial charge is 0.478 e. The summed E-state index contributed by atoms with van der Waals surface area (Å²) in [7, 11) is 1.71. The van der Waals surface area contributed by atoms with Crippen LogP contribution in [0.15, 0.2) is 42.7 Å². The molecule has 46 heavy (non-hydrogen) atoms. The molecule has 0 bridgehead atoms. The number of nitrogens with one attached hydrogen (secondary N) is 3. The first-order valence-corrected chi connectivity index (χ1v) is 16.0. The maximum atomic E-state index is 11.3. The molecule has 2 aliphatic rings. The van der Waals surface area contributed by atoms with Gasteiger partial charge in [0.05, 0.1) is 29.0 Å². The van der Waals surface area contributed by atoms with E-state index in [4.69, 9.17) is 20.7 Å². The zero-order valence-corrected chi connectivity index (χ0v) is 28.4. The highest BCUT2D eigenvalue weighted by Gasteiger charge is 2.38. The van der Waals surface area contributed by atoms with Gasteiger partial charge in [-0.1, -0.05) is 30.3 Å². The van der Waals surface area contributed by atoms with Crippen LogP contribution in [0.4, 0.5) is 5.95 Å². The molecule has 3 heterocycles. The second-order valence-electron chi connectivity index (χ2n) is 13.3. The van der Waals surface area contributed by atoms with Gasteiger partial charge in [0, 0.05) is 57.3 Å². The minimum Gasteiger partial charge on any atom is -0.478 e. The summed E-state index contributed by atoms with van der Waals surface area (Å²) in [5.41, 5.74) is 1.18. The van der Waals surface area contributed by atoms with E-state index in [1.54, 1.807) is 14.0 Å². The lowest BCUT2D eigenvalue weighted by Gasteiger charge is -2.44. The summed E-state index contributed by atoms with van der Waals surface area (Å²) in [6.07, 6.45) is 7.20. The molecule has 4 atom stereocenters. The second kappa shape index (κ2) is 16.6. The fourth-order valence-electron chi connectivity index (χ4n) is 6.03. The predicted molar refractivity (Wildman–Crippen MR) is 181 cm³/mol. The maximum Gasteiger partial charge on any atom is 0.338 e. The first kappa shape index (κ1) is 36.6. The lowest BCUT2D eigenvalue weighted by molar-refractivity contribution is -0.110. The number of aromatic nitrogens is 2. The van der Waals surface area contributed by atoms with E-state index < -0.39 is 5.97 Å². The number of carboxylic acids is 1. The van der Waals surface area contributed by atoms with Gasteiger partial charge in [-0.05, 0) is 72.8 Å². The molecule has 0 spiro atoms.